The van der Waals surface area contributed by atoms with Crippen molar-refractivity contribution in [2.75, 3.05) is 13.2 Å². The van der Waals surface area contributed by atoms with E-state index in [4.69, 9.17) is 14.7 Å². The number of hydrogen-bond acceptors (Lipinski definition) is 7. The van der Waals surface area contributed by atoms with E-state index in [-0.39, 0.29) is 42.3 Å². The Labute approximate surface area is 120 Å². The van der Waals surface area contributed by atoms with Crippen LogP contribution in [0.25, 0.3) is 0 Å². The van der Waals surface area contributed by atoms with Crippen molar-refractivity contribution in [1.29, 1.82) is 0 Å². The maximum atomic E-state index is 12.2. The van der Waals surface area contributed by atoms with Crippen LogP contribution in [0.4, 0.5) is 0 Å². The van der Waals surface area contributed by atoms with Crippen molar-refractivity contribution in [1.82, 2.24) is 0 Å². The molecule has 0 aromatic carbocycles. The third kappa shape index (κ3) is 1.97. The molecule has 2 aliphatic carbocycles. The summed E-state index contributed by atoms with van der Waals surface area (Å²) in [4.78, 5) is 39.9. The predicted molar refractivity (Wildman–Crippen MR) is 66.8 cm³/mol. The molecular weight excluding hydrogens is 280 g/mol. The van der Waals surface area contributed by atoms with E-state index in [0.717, 1.165) is 0 Å². The first-order valence-electron chi connectivity index (χ1n) is 6.65. The molecule has 0 saturated carbocycles. The summed E-state index contributed by atoms with van der Waals surface area (Å²) in [6.07, 6.45) is 2.39. The summed E-state index contributed by atoms with van der Waals surface area (Å²) in [5.74, 6) is -4.38. The Morgan fingerprint density at radius 1 is 1.29 bits per heavy atom. The number of rotatable bonds is 1. The fourth-order valence-electron chi connectivity index (χ4n) is 3.27. The zero-order valence-corrected chi connectivity index (χ0v) is 11.3. The first kappa shape index (κ1) is 14.1. The van der Waals surface area contributed by atoms with Crippen molar-refractivity contribution in [2.24, 2.45) is 11.8 Å². The summed E-state index contributed by atoms with van der Waals surface area (Å²) in [7, 11) is 0. The zero-order chi connectivity index (χ0) is 15.2. The highest BCUT2D eigenvalue weighted by atomic mass is 17.1. The largest absolute Gasteiger partial charge is 0.345 e. The second kappa shape index (κ2) is 4.87. The van der Waals surface area contributed by atoms with Gasteiger partial charge in [-0.25, -0.2) is 4.79 Å². The van der Waals surface area contributed by atoms with Crippen molar-refractivity contribution >= 4 is 17.5 Å². The predicted octanol–water partition coefficient (Wildman–Crippen LogP) is 0.406. The molecule has 1 aliphatic heterocycles. The lowest BCUT2D eigenvalue weighted by atomic mass is 9.69. The van der Waals surface area contributed by atoms with Crippen molar-refractivity contribution in [3.8, 4) is 0 Å². The minimum Gasteiger partial charge on any atom is -0.343 e. The summed E-state index contributed by atoms with van der Waals surface area (Å²) in [5.41, 5.74) is 0.369. The van der Waals surface area contributed by atoms with Crippen LogP contribution in [0.5, 0.6) is 0 Å². The van der Waals surface area contributed by atoms with Gasteiger partial charge >= 0.3 is 5.97 Å². The van der Waals surface area contributed by atoms with Gasteiger partial charge in [-0.05, 0) is 18.1 Å². The fraction of sp³-hybridized carbons (Fsp3) is 0.500. The lowest BCUT2D eigenvalue weighted by molar-refractivity contribution is -0.245. The maximum Gasteiger partial charge on any atom is 0.345 e. The van der Waals surface area contributed by atoms with Crippen LogP contribution in [-0.2, 0) is 28.7 Å². The average Bonchev–Trinajstić information content (AvgIpc) is 2.93. The number of allylic oxidation sites excluding steroid dienone is 3. The Bertz CT molecular complexity index is 580. The van der Waals surface area contributed by atoms with Gasteiger partial charge in [0.05, 0.1) is 24.7 Å². The number of carbonyl (C=O) groups is 3. The molecular formula is C14H14O7. The zero-order valence-electron chi connectivity index (χ0n) is 11.3. The van der Waals surface area contributed by atoms with E-state index in [1.54, 1.807) is 6.92 Å². The molecule has 1 saturated heterocycles. The Morgan fingerprint density at radius 2 is 1.90 bits per heavy atom. The first-order chi connectivity index (χ1) is 10.00. The van der Waals surface area contributed by atoms with Gasteiger partial charge in [-0.2, -0.15) is 5.26 Å². The Balaban J connectivity index is 2.15. The van der Waals surface area contributed by atoms with Gasteiger partial charge in [0.25, 0.3) is 0 Å². The van der Waals surface area contributed by atoms with E-state index < -0.39 is 23.6 Å². The SMILES string of the molecule is CC1C2=C(C(=O)C=CC2=O)C2(CC1C(=O)OO)OCCO2. The first-order valence-corrected chi connectivity index (χ1v) is 6.65. The fourth-order valence-corrected chi connectivity index (χ4v) is 3.27. The second-order valence-corrected chi connectivity index (χ2v) is 5.31. The molecule has 0 radical (unpaired) electrons. The normalized spacial score (nSPS) is 30.8. The highest BCUT2D eigenvalue weighted by Crippen LogP contribution is 2.47. The van der Waals surface area contributed by atoms with E-state index in [1.807, 2.05) is 0 Å². The standard InChI is InChI=1S/C14H14O7/c1-7-8(13(17)21-18)6-14(19-4-5-20-14)12-10(16)3-2-9(15)11(7)12/h2-3,7-8,18H,4-6H2,1H3. The minimum atomic E-state index is -1.40. The van der Waals surface area contributed by atoms with Crippen LogP contribution >= 0.6 is 0 Å². The topological polar surface area (TPSA) is 99.1 Å². The molecule has 1 heterocycles. The number of carbonyl (C=O) groups excluding carboxylic acids is 3. The van der Waals surface area contributed by atoms with Crippen LogP contribution in [-0.4, -0.2) is 41.8 Å². The number of fused-ring (bicyclic) bond motifs is 1. The highest BCUT2D eigenvalue weighted by Gasteiger charge is 2.55. The number of ketones is 2. The number of hydrogen-bond donors (Lipinski definition) is 1. The average molecular weight is 294 g/mol. The molecule has 1 fully saturated rings. The smallest absolute Gasteiger partial charge is 0.343 e. The summed E-state index contributed by atoms with van der Waals surface area (Å²) >= 11 is 0. The van der Waals surface area contributed by atoms with Gasteiger partial charge in [-0.1, -0.05) is 6.92 Å². The molecule has 0 aromatic heterocycles. The summed E-state index contributed by atoms with van der Waals surface area (Å²) in [6, 6.07) is 0. The van der Waals surface area contributed by atoms with E-state index >= 15 is 0 Å². The van der Waals surface area contributed by atoms with Gasteiger partial charge in [0.2, 0.25) is 0 Å². The Hall–Kier alpha value is -1.83. The lowest BCUT2D eigenvalue weighted by Gasteiger charge is -2.41. The lowest BCUT2D eigenvalue weighted by Crippen LogP contribution is -2.49. The monoisotopic (exact) mass is 294 g/mol. The van der Waals surface area contributed by atoms with Crippen molar-refractivity contribution in [2.45, 2.75) is 19.1 Å². The van der Waals surface area contributed by atoms with Gasteiger partial charge in [-0.3, -0.25) is 9.59 Å². The van der Waals surface area contributed by atoms with Crippen molar-refractivity contribution < 1.29 is 34.0 Å². The molecule has 21 heavy (non-hydrogen) atoms. The molecule has 0 bridgehead atoms. The molecule has 7 heteroatoms. The third-order valence-electron chi connectivity index (χ3n) is 4.24. The van der Waals surface area contributed by atoms with Gasteiger partial charge in [0, 0.05) is 12.0 Å². The van der Waals surface area contributed by atoms with Crippen LogP contribution < -0.4 is 0 Å². The quantitative estimate of drug-likeness (QED) is 0.424. The van der Waals surface area contributed by atoms with Gasteiger partial charge in [0.15, 0.2) is 17.4 Å². The molecule has 0 aromatic rings. The minimum absolute atomic E-state index is 0.0270. The summed E-state index contributed by atoms with van der Waals surface area (Å²) in [5, 5.41) is 8.64. The number of ether oxygens (including phenoxy) is 2. The van der Waals surface area contributed by atoms with Crippen LogP contribution in [0.2, 0.25) is 0 Å². The molecule has 3 rings (SSSR count). The van der Waals surface area contributed by atoms with Crippen LogP contribution in [0, 0.1) is 11.8 Å². The Kier molecular flexibility index (Phi) is 3.27. The van der Waals surface area contributed by atoms with E-state index in [9.17, 15) is 14.4 Å². The molecule has 2 atom stereocenters. The highest BCUT2D eigenvalue weighted by molar-refractivity contribution is 6.21. The van der Waals surface area contributed by atoms with E-state index in [1.165, 1.54) is 12.2 Å². The molecule has 3 aliphatic rings. The van der Waals surface area contributed by atoms with Crippen LogP contribution in [0.3, 0.4) is 0 Å². The summed E-state index contributed by atoms with van der Waals surface area (Å²) in [6.45, 7) is 2.16. The van der Waals surface area contributed by atoms with Crippen molar-refractivity contribution in [3.05, 3.63) is 23.3 Å². The molecule has 1 N–H and O–H groups in total. The third-order valence-corrected chi connectivity index (χ3v) is 4.24. The van der Waals surface area contributed by atoms with Crippen LogP contribution in [0.15, 0.2) is 23.3 Å². The molecule has 1 spiro atoms. The van der Waals surface area contributed by atoms with E-state index in [2.05, 4.69) is 4.89 Å². The Morgan fingerprint density at radius 3 is 2.52 bits per heavy atom. The molecule has 7 nitrogen and oxygen atoms in total. The summed E-state index contributed by atoms with van der Waals surface area (Å²) < 4.78 is 11.1. The van der Waals surface area contributed by atoms with E-state index in [0.29, 0.717) is 0 Å². The van der Waals surface area contributed by atoms with Gasteiger partial charge < -0.3 is 14.4 Å². The molecule has 112 valence electrons. The van der Waals surface area contributed by atoms with Gasteiger partial charge in [-0.15, -0.1) is 0 Å². The molecule has 2 unspecified atom stereocenters. The van der Waals surface area contributed by atoms with Gasteiger partial charge in [0.1, 0.15) is 0 Å². The molecule has 0 amide bonds. The van der Waals surface area contributed by atoms with Crippen molar-refractivity contribution in [3.63, 3.8) is 0 Å². The maximum absolute atomic E-state index is 12.2. The second-order valence-electron chi connectivity index (χ2n) is 5.31. The van der Waals surface area contributed by atoms with Crippen LogP contribution in [0.1, 0.15) is 13.3 Å².